The van der Waals surface area contributed by atoms with Crippen molar-refractivity contribution < 1.29 is 0 Å². The van der Waals surface area contributed by atoms with Crippen LogP contribution in [0.4, 0.5) is 5.69 Å². The third kappa shape index (κ3) is 3.24. The Morgan fingerprint density at radius 3 is 2.56 bits per heavy atom. The molecule has 1 aliphatic rings. The summed E-state index contributed by atoms with van der Waals surface area (Å²) in [5.74, 6) is 0. The Labute approximate surface area is 98.4 Å². The molecule has 1 aromatic rings. The number of hydrogen-bond acceptors (Lipinski definition) is 2. The van der Waals surface area contributed by atoms with Crippen molar-refractivity contribution in [2.75, 3.05) is 18.4 Å². The van der Waals surface area contributed by atoms with Gasteiger partial charge in [0.15, 0.2) is 0 Å². The van der Waals surface area contributed by atoms with Crippen molar-refractivity contribution >= 4 is 5.69 Å². The second kappa shape index (κ2) is 5.35. The van der Waals surface area contributed by atoms with E-state index in [1.807, 2.05) is 0 Å². The largest absolute Gasteiger partial charge is 0.382 e. The lowest BCUT2D eigenvalue weighted by Crippen LogP contribution is -2.21. The molecular weight excluding hydrogens is 196 g/mol. The maximum absolute atomic E-state index is 3.66. The Bertz CT molecular complexity index is 318. The maximum Gasteiger partial charge on any atom is 0.0347 e. The summed E-state index contributed by atoms with van der Waals surface area (Å²) in [7, 11) is 0. The predicted octanol–water partition coefficient (Wildman–Crippen LogP) is 2.86. The standard InChI is InChI=1S/C14H22N2/c1-11-8-12(2)10-14(9-11)16-13-4-3-6-15-7-5-13/h8-10,13,15-16H,3-7H2,1-2H3. The molecule has 16 heavy (non-hydrogen) atoms. The van der Waals surface area contributed by atoms with Crippen LogP contribution in [0.2, 0.25) is 0 Å². The van der Waals surface area contributed by atoms with Crippen LogP contribution in [0.15, 0.2) is 18.2 Å². The first-order valence-electron chi connectivity index (χ1n) is 6.29. The molecule has 1 aromatic carbocycles. The highest BCUT2D eigenvalue weighted by Gasteiger charge is 2.11. The van der Waals surface area contributed by atoms with Crippen LogP contribution in [0.5, 0.6) is 0 Å². The minimum atomic E-state index is 0.635. The van der Waals surface area contributed by atoms with Gasteiger partial charge in [-0.2, -0.15) is 0 Å². The number of nitrogens with one attached hydrogen (secondary N) is 2. The third-order valence-corrected chi connectivity index (χ3v) is 3.17. The molecule has 1 aliphatic heterocycles. The van der Waals surface area contributed by atoms with Crippen LogP contribution in [-0.4, -0.2) is 19.1 Å². The van der Waals surface area contributed by atoms with Gasteiger partial charge in [-0.25, -0.2) is 0 Å². The Morgan fingerprint density at radius 1 is 1.06 bits per heavy atom. The van der Waals surface area contributed by atoms with E-state index in [9.17, 15) is 0 Å². The van der Waals surface area contributed by atoms with Crippen molar-refractivity contribution in [2.45, 2.75) is 39.2 Å². The Kier molecular flexibility index (Phi) is 3.83. The van der Waals surface area contributed by atoms with Crippen LogP contribution >= 0.6 is 0 Å². The molecule has 1 unspecified atom stereocenters. The van der Waals surface area contributed by atoms with Crippen molar-refractivity contribution in [1.29, 1.82) is 0 Å². The number of hydrogen-bond donors (Lipinski definition) is 2. The van der Waals surface area contributed by atoms with E-state index in [-0.39, 0.29) is 0 Å². The fraction of sp³-hybridized carbons (Fsp3) is 0.571. The fourth-order valence-electron chi connectivity index (χ4n) is 2.46. The minimum Gasteiger partial charge on any atom is -0.382 e. The molecule has 1 atom stereocenters. The first-order valence-corrected chi connectivity index (χ1v) is 6.29. The van der Waals surface area contributed by atoms with Crippen molar-refractivity contribution in [3.8, 4) is 0 Å². The first kappa shape index (κ1) is 11.5. The predicted molar refractivity (Wildman–Crippen MR) is 70.0 cm³/mol. The molecule has 2 heteroatoms. The van der Waals surface area contributed by atoms with E-state index < -0.39 is 0 Å². The Hall–Kier alpha value is -1.02. The molecule has 0 aromatic heterocycles. The lowest BCUT2D eigenvalue weighted by atomic mass is 10.1. The fourth-order valence-corrected chi connectivity index (χ4v) is 2.46. The topological polar surface area (TPSA) is 24.1 Å². The quantitative estimate of drug-likeness (QED) is 0.797. The van der Waals surface area contributed by atoms with E-state index in [2.05, 4.69) is 42.7 Å². The van der Waals surface area contributed by atoms with Crippen LogP contribution in [0.3, 0.4) is 0 Å². The number of benzene rings is 1. The van der Waals surface area contributed by atoms with Crippen LogP contribution in [0.1, 0.15) is 30.4 Å². The normalized spacial score (nSPS) is 21.5. The van der Waals surface area contributed by atoms with E-state index in [1.165, 1.54) is 42.6 Å². The Morgan fingerprint density at radius 2 is 1.81 bits per heavy atom. The summed E-state index contributed by atoms with van der Waals surface area (Å²) in [4.78, 5) is 0. The average Bonchev–Trinajstić information content (AvgIpc) is 2.44. The summed E-state index contributed by atoms with van der Waals surface area (Å²) in [5, 5.41) is 7.11. The van der Waals surface area contributed by atoms with Crippen molar-refractivity contribution in [1.82, 2.24) is 5.32 Å². The summed E-state index contributed by atoms with van der Waals surface area (Å²) in [5.41, 5.74) is 3.97. The molecule has 2 nitrogen and oxygen atoms in total. The third-order valence-electron chi connectivity index (χ3n) is 3.17. The van der Waals surface area contributed by atoms with E-state index in [0.717, 1.165) is 6.54 Å². The van der Waals surface area contributed by atoms with E-state index in [0.29, 0.717) is 6.04 Å². The van der Waals surface area contributed by atoms with Gasteiger partial charge in [-0.05, 0) is 69.5 Å². The second-order valence-corrected chi connectivity index (χ2v) is 4.90. The molecule has 88 valence electrons. The highest BCUT2D eigenvalue weighted by Crippen LogP contribution is 2.17. The van der Waals surface area contributed by atoms with Crippen molar-refractivity contribution in [3.63, 3.8) is 0 Å². The van der Waals surface area contributed by atoms with Crippen molar-refractivity contribution in [2.24, 2.45) is 0 Å². The number of aryl methyl sites for hydroxylation is 2. The van der Waals surface area contributed by atoms with Gasteiger partial charge in [0.2, 0.25) is 0 Å². The lowest BCUT2D eigenvalue weighted by molar-refractivity contribution is 0.637. The highest BCUT2D eigenvalue weighted by molar-refractivity contribution is 5.49. The number of anilines is 1. The van der Waals surface area contributed by atoms with Gasteiger partial charge in [0, 0.05) is 11.7 Å². The molecule has 1 saturated heterocycles. The van der Waals surface area contributed by atoms with E-state index >= 15 is 0 Å². The maximum atomic E-state index is 3.66. The molecule has 0 aliphatic carbocycles. The van der Waals surface area contributed by atoms with Crippen LogP contribution in [0, 0.1) is 13.8 Å². The summed E-state index contributed by atoms with van der Waals surface area (Å²) >= 11 is 0. The molecule has 0 amide bonds. The van der Waals surface area contributed by atoms with Gasteiger partial charge < -0.3 is 10.6 Å². The SMILES string of the molecule is Cc1cc(C)cc(NC2CCCNCC2)c1. The van der Waals surface area contributed by atoms with Gasteiger partial charge in [-0.3, -0.25) is 0 Å². The van der Waals surface area contributed by atoms with Crippen molar-refractivity contribution in [3.05, 3.63) is 29.3 Å². The molecular formula is C14H22N2. The summed E-state index contributed by atoms with van der Waals surface area (Å²) in [6.45, 7) is 6.63. The van der Waals surface area contributed by atoms with Crippen LogP contribution in [0.25, 0.3) is 0 Å². The van der Waals surface area contributed by atoms with Gasteiger partial charge in [-0.1, -0.05) is 6.07 Å². The van der Waals surface area contributed by atoms with E-state index in [1.54, 1.807) is 0 Å². The molecule has 1 fully saturated rings. The van der Waals surface area contributed by atoms with Crippen LogP contribution < -0.4 is 10.6 Å². The van der Waals surface area contributed by atoms with Crippen LogP contribution in [-0.2, 0) is 0 Å². The van der Waals surface area contributed by atoms with Gasteiger partial charge in [0.05, 0.1) is 0 Å². The molecule has 0 radical (unpaired) electrons. The smallest absolute Gasteiger partial charge is 0.0347 e. The second-order valence-electron chi connectivity index (χ2n) is 4.90. The molecule has 1 heterocycles. The zero-order chi connectivity index (χ0) is 11.4. The monoisotopic (exact) mass is 218 g/mol. The van der Waals surface area contributed by atoms with Gasteiger partial charge in [0.1, 0.15) is 0 Å². The highest BCUT2D eigenvalue weighted by atomic mass is 14.9. The zero-order valence-electron chi connectivity index (χ0n) is 10.3. The van der Waals surface area contributed by atoms with Gasteiger partial charge >= 0.3 is 0 Å². The average molecular weight is 218 g/mol. The molecule has 0 saturated carbocycles. The van der Waals surface area contributed by atoms with Gasteiger partial charge in [-0.15, -0.1) is 0 Å². The minimum absolute atomic E-state index is 0.635. The summed E-state index contributed by atoms with van der Waals surface area (Å²) < 4.78 is 0. The number of rotatable bonds is 2. The molecule has 2 rings (SSSR count). The summed E-state index contributed by atoms with van der Waals surface area (Å²) in [6.07, 6.45) is 3.79. The van der Waals surface area contributed by atoms with E-state index in [4.69, 9.17) is 0 Å². The molecule has 0 spiro atoms. The first-order chi connectivity index (χ1) is 7.74. The zero-order valence-corrected chi connectivity index (χ0v) is 10.3. The molecule has 2 N–H and O–H groups in total. The summed E-state index contributed by atoms with van der Waals surface area (Å²) in [6, 6.07) is 7.34. The lowest BCUT2D eigenvalue weighted by Gasteiger charge is -2.18. The Balaban J connectivity index is 2.01. The van der Waals surface area contributed by atoms with Gasteiger partial charge in [0.25, 0.3) is 0 Å². The molecule has 0 bridgehead atoms.